The molecule has 0 radical (unpaired) electrons. The Morgan fingerprint density at radius 2 is 1.89 bits per heavy atom. The maximum absolute atomic E-state index is 12.2. The van der Waals surface area contributed by atoms with Gasteiger partial charge in [-0.1, -0.05) is 30.3 Å². The lowest BCUT2D eigenvalue weighted by Gasteiger charge is -2.10. The summed E-state index contributed by atoms with van der Waals surface area (Å²) in [6.45, 7) is 2.40. The lowest BCUT2D eigenvalue weighted by atomic mass is 10.0. The highest BCUT2D eigenvalue weighted by Crippen LogP contribution is 2.26. The maximum atomic E-state index is 12.2. The monoisotopic (exact) mass is 363 g/mol. The van der Waals surface area contributed by atoms with Crippen LogP contribution in [0.1, 0.15) is 22.8 Å². The molecule has 0 bridgehead atoms. The summed E-state index contributed by atoms with van der Waals surface area (Å²) in [5, 5.41) is 16.7. The number of nitro benzene ring substituents is 1. The van der Waals surface area contributed by atoms with Crippen LogP contribution in [0.2, 0.25) is 0 Å². The molecule has 0 spiro atoms. The molecular weight excluding hydrogens is 346 g/mol. The largest absolute Gasteiger partial charge is 0.493 e. The predicted molar refractivity (Wildman–Crippen MR) is 103 cm³/mol. The molecule has 1 amide bonds. The van der Waals surface area contributed by atoms with Crippen LogP contribution < -0.4 is 10.2 Å². The smallest absolute Gasteiger partial charge is 0.271 e. The third kappa shape index (κ3) is 4.09. The van der Waals surface area contributed by atoms with Crippen molar-refractivity contribution in [2.24, 2.45) is 5.10 Å². The highest BCUT2D eigenvalue weighted by molar-refractivity contribution is 6.03. The van der Waals surface area contributed by atoms with Crippen molar-refractivity contribution in [1.29, 1.82) is 0 Å². The molecule has 0 aromatic heterocycles. The number of nitro groups is 1. The van der Waals surface area contributed by atoms with Crippen molar-refractivity contribution < 1.29 is 14.5 Å². The van der Waals surface area contributed by atoms with Gasteiger partial charge >= 0.3 is 0 Å². The fourth-order valence-corrected chi connectivity index (χ4v) is 2.64. The Morgan fingerprint density at radius 1 is 1.15 bits per heavy atom. The zero-order chi connectivity index (χ0) is 19.2. The summed E-state index contributed by atoms with van der Waals surface area (Å²) in [5.74, 6) is 0.212. The molecule has 0 saturated heterocycles. The van der Waals surface area contributed by atoms with Crippen molar-refractivity contribution >= 4 is 28.6 Å². The molecule has 0 aliphatic rings. The molecule has 136 valence electrons. The summed E-state index contributed by atoms with van der Waals surface area (Å²) < 4.78 is 5.66. The molecule has 0 unspecified atom stereocenters. The third-order valence-electron chi connectivity index (χ3n) is 3.93. The standard InChI is InChI=1S/C20H17N3O4/c1-2-27-19-12-9-14-5-3-4-6-17(14)18(19)13-21-22-20(24)15-7-10-16(11-8-15)23(25)26/h3-13H,2H2,1H3,(H,22,24). The van der Waals surface area contributed by atoms with E-state index in [-0.39, 0.29) is 11.3 Å². The molecule has 0 heterocycles. The first-order chi connectivity index (χ1) is 13.1. The van der Waals surface area contributed by atoms with E-state index in [0.717, 1.165) is 16.3 Å². The summed E-state index contributed by atoms with van der Waals surface area (Å²) in [7, 11) is 0. The quantitative estimate of drug-likeness (QED) is 0.408. The van der Waals surface area contributed by atoms with E-state index in [9.17, 15) is 14.9 Å². The summed E-state index contributed by atoms with van der Waals surface area (Å²) in [6.07, 6.45) is 1.54. The van der Waals surface area contributed by atoms with E-state index in [2.05, 4.69) is 10.5 Å². The molecule has 3 rings (SSSR count). The van der Waals surface area contributed by atoms with E-state index in [1.54, 1.807) is 0 Å². The molecule has 0 saturated carbocycles. The number of ether oxygens (including phenoxy) is 1. The summed E-state index contributed by atoms with van der Waals surface area (Å²) in [6, 6.07) is 16.9. The van der Waals surface area contributed by atoms with Gasteiger partial charge in [0.05, 0.1) is 17.7 Å². The Hall–Kier alpha value is -3.74. The molecule has 1 N–H and O–H groups in total. The second-order valence-electron chi connectivity index (χ2n) is 5.63. The van der Waals surface area contributed by atoms with Gasteiger partial charge in [0, 0.05) is 23.3 Å². The van der Waals surface area contributed by atoms with Crippen LogP contribution in [-0.2, 0) is 0 Å². The molecular formula is C20H17N3O4. The van der Waals surface area contributed by atoms with Gasteiger partial charge in [0.1, 0.15) is 5.75 Å². The zero-order valence-electron chi connectivity index (χ0n) is 14.6. The lowest BCUT2D eigenvalue weighted by Crippen LogP contribution is -2.17. The van der Waals surface area contributed by atoms with Crippen LogP contribution in [0, 0.1) is 10.1 Å². The first-order valence-electron chi connectivity index (χ1n) is 8.32. The van der Waals surface area contributed by atoms with E-state index in [4.69, 9.17) is 4.74 Å². The Balaban J connectivity index is 1.82. The van der Waals surface area contributed by atoms with Crippen LogP contribution in [0.25, 0.3) is 10.8 Å². The number of hydrogen-bond donors (Lipinski definition) is 1. The van der Waals surface area contributed by atoms with Gasteiger partial charge in [-0.15, -0.1) is 0 Å². The number of fused-ring (bicyclic) bond motifs is 1. The second-order valence-corrected chi connectivity index (χ2v) is 5.63. The van der Waals surface area contributed by atoms with Crippen molar-refractivity contribution in [2.45, 2.75) is 6.92 Å². The molecule has 0 aliphatic carbocycles. The van der Waals surface area contributed by atoms with Gasteiger partial charge in [0.25, 0.3) is 11.6 Å². The number of hydrazone groups is 1. The molecule has 27 heavy (non-hydrogen) atoms. The Labute approximate surface area is 155 Å². The first-order valence-corrected chi connectivity index (χ1v) is 8.32. The number of non-ortho nitro benzene ring substituents is 1. The van der Waals surface area contributed by atoms with Crippen molar-refractivity contribution in [2.75, 3.05) is 6.61 Å². The molecule has 3 aromatic rings. The molecule has 3 aromatic carbocycles. The first kappa shape index (κ1) is 18.1. The molecule has 0 fully saturated rings. The van der Waals surface area contributed by atoms with Gasteiger partial charge < -0.3 is 4.74 Å². The number of hydrogen-bond acceptors (Lipinski definition) is 5. The van der Waals surface area contributed by atoms with Crippen LogP contribution in [-0.4, -0.2) is 23.7 Å². The van der Waals surface area contributed by atoms with E-state index < -0.39 is 10.8 Å². The predicted octanol–water partition coefficient (Wildman–Crippen LogP) is 3.91. The van der Waals surface area contributed by atoms with Gasteiger partial charge in [-0.3, -0.25) is 14.9 Å². The zero-order valence-corrected chi connectivity index (χ0v) is 14.6. The van der Waals surface area contributed by atoms with Crippen LogP contribution in [0.4, 0.5) is 5.69 Å². The topological polar surface area (TPSA) is 93.8 Å². The lowest BCUT2D eigenvalue weighted by molar-refractivity contribution is -0.384. The average molecular weight is 363 g/mol. The highest BCUT2D eigenvalue weighted by atomic mass is 16.6. The van der Waals surface area contributed by atoms with Crippen molar-refractivity contribution in [1.82, 2.24) is 5.43 Å². The van der Waals surface area contributed by atoms with E-state index in [0.29, 0.717) is 12.4 Å². The number of carbonyl (C=O) groups is 1. The SMILES string of the molecule is CCOc1ccc2ccccc2c1C=NNC(=O)c1ccc([N+](=O)[O-])cc1. The number of carbonyl (C=O) groups excluding carboxylic acids is 1. The van der Waals surface area contributed by atoms with Gasteiger partial charge in [-0.05, 0) is 35.9 Å². The number of nitrogens with zero attached hydrogens (tertiary/aromatic N) is 2. The van der Waals surface area contributed by atoms with Gasteiger partial charge in [-0.25, -0.2) is 5.43 Å². The Bertz CT molecular complexity index is 1010. The minimum atomic E-state index is -0.518. The van der Waals surface area contributed by atoms with Crippen molar-refractivity contribution in [3.8, 4) is 5.75 Å². The van der Waals surface area contributed by atoms with Crippen molar-refractivity contribution in [3.05, 3.63) is 81.9 Å². The van der Waals surface area contributed by atoms with Gasteiger partial charge in [0.2, 0.25) is 0 Å². The van der Waals surface area contributed by atoms with E-state index in [1.165, 1.54) is 30.5 Å². The second kappa shape index (κ2) is 8.09. The van der Waals surface area contributed by atoms with Crippen LogP contribution >= 0.6 is 0 Å². The van der Waals surface area contributed by atoms with E-state index in [1.807, 2.05) is 43.3 Å². The van der Waals surface area contributed by atoms with Crippen LogP contribution in [0.3, 0.4) is 0 Å². The van der Waals surface area contributed by atoms with E-state index >= 15 is 0 Å². The number of amides is 1. The third-order valence-corrected chi connectivity index (χ3v) is 3.93. The fourth-order valence-electron chi connectivity index (χ4n) is 2.64. The van der Waals surface area contributed by atoms with Crippen LogP contribution in [0.15, 0.2) is 65.8 Å². The Kier molecular flexibility index (Phi) is 5.41. The summed E-state index contributed by atoms with van der Waals surface area (Å²) in [4.78, 5) is 22.3. The highest BCUT2D eigenvalue weighted by Gasteiger charge is 2.10. The van der Waals surface area contributed by atoms with Crippen LogP contribution in [0.5, 0.6) is 5.75 Å². The van der Waals surface area contributed by atoms with Gasteiger partial charge in [-0.2, -0.15) is 5.10 Å². The van der Waals surface area contributed by atoms with Crippen molar-refractivity contribution in [3.63, 3.8) is 0 Å². The molecule has 7 nitrogen and oxygen atoms in total. The number of benzene rings is 3. The Morgan fingerprint density at radius 3 is 2.59 bits per heavy atom. The molecule has 0 aliphatic heterocycles. The summed E-state index contributed by atoms with van der Waals surface area (Å²) >= 11 is 0. The minimum absolute atomic E-state index is 0.0767. The summed E-state index contributed by atoms with van der Waals surface area (Å²) in [5.41, 5.74) is 3.40. The maximum Gasteiger partial charge on any atom is 0.271 e. The van der Waals surface area contributed by atoms with Gasteiger partial charge in [0.15, 0.2) is 0 Å². The minimum Gasteiger partial charge on any atom is -0.493 e. The molecule has 7 heteroatoms. The number of nitrogens with one attached hydrogen (secondary N) is 1. The average Bonchev–Trinajstić information content (AvgIpc) is 2.69. The normalized spacial score (nSPS) is 10.9. The molecule has 0 atom stereocenters. The number of rotatable bonds is 6. The fraction of sp³-hybridized carbons (Fsp3) is 0.100.